The summed E-state index contributed by atoms with van der Waals surface area (Å²) in [6.07, 6.45) is 0. The van der Waals surface area contributed by atoms with Crippen LogP contribution < -0.4 is 0 Å². The SMILES string of the molecule is CCN(CC)C(=O)C(C)S(=O)c1ccc(C(=O)O)cc1. The van der Waals surface area contributed by atoms with E-state index in [1.807, 2.05) is 13.8 Å². The zero-order chi connectivity index (χ0) is 15.3. The van der Waals surface area contributed by atoms with Crippen molar-refractivity contribution in [1.82, 2.24) is 4.90 Å². The molecule has 110 valence electrons. The van der Waals surface area contributed by atoms with Gasteiger partial charge >= 0.3 is 5.97 Å². The number of benzene rings is 1. The van der Waals surface area contributed by atoms with Crippen LogP contribution in [0.2, 0.25) is 0 Å². The molecule has 0 fully saturated rings. The Morgan fingerprint density at radius 2 is 1.70 bits per heavy atom. The third-order valence-corrected chi connectivity index (χ3v) is 4.66. The number of carboxylic acids is 1. The Morgan fingerprint density at radius 1 is 1.20 bits per heavy atom. The van der Waals surface area contributed by atoms with Gasteiger partial charge in [0.2, 0.25) is 5.91 Å². The highest BCUT2D eigenvalue weighted by molar-refractivity contribution is 7.86. The van der Waals surface area contributed by atoms with E-state index >= 15 is 0 Å². The Bertz CT molecular complexity index is 508. The maximum atomic E-state index is 12.3. The number of aromatic carboxylic acids is 1. The highest BCUT2D eigenvalue weighted by Gasteiger charge is 2.25. The molecule has 20 heavy (non-hydrogen) atoms. The molecule has 0 saturated carbocycles. The second-order valence-electron chi connectivity index (χ2n) is 4.28. The summed E-state index contributed by atoms with van der Waals surface area (Å²) in [6, 6.07) is 5.77. The molecule has 0 spiro atoms. The topological polar surface area (TPSA) is 74.7 Å². The molecule has 0 aliphatic rings. The summed E-state index contributed by atoms with van der Waals surface area (Å²) >= 11 is 0. The van der Waals surface area contributed by atoms with Crippen LogP contribution in [-0.2, 0) is 15.6 Å². The van der Waals surface area contributed by atoms with E-state index in [0.717, 1.165) is 0 Å². The lowest BCUT2D eigenvalue weighted by Gasteiger charge is -2.22. The van der Waals surface area contributed by atoms with Crippen LogP contribution in [0.3, 0.4) is 0 Å². The van der Waals surface area contributed by atoms with Gasteiger partial charge in [-0.2, -0.15) is 0 Å². The number of carbonyl (C=O) groups excluding carboxylic acids is 1. The fraction of sp³-hybridized carbons (Fsp3) is 0.429. The van der Waals surface area contributed by atoms with Crippen molar-refractivity contribution in [3.05, 3.63) is 29.8 Å². The minimum Gasteiger partial charge on any atom is -0.478 e. The van der Waals surface area contributed by atoms with Gasteiger partial charge in [0, 0.05) is 18.0 Å². The fourth-order valence-electron chi connectivity index (χ4n) is 1.82. The summed E-state index contributed by atoms with van der Waals surface area (Å²) in [6.45, 7) is 6.53. The average Bonchev–Trinajstić information content (AvgIpc) is 2.46. The quantitative estimate of drug-likeness (QED) is 0.868. The first-order valence-electron chi connectivity index (χ1n) is 6.45. The van der Waals surface area contributed by atoms with Gasteiger partial charge in [-0.15, -0.1) is 0 Å². The van der Waals surface area contributed by atoms with Crippen LogP contribution >= 0.6 is 0 Å². The van der Waals surface area contributed by atoms with E-state index < -0.39 is 22.0 Å². The molecule has 1 amide bonds. The molecule has 2 atom stereocenters. The second kappa shape index (κ2) is 7.19. The van der Waals surface area contributed by atoms with Crippen molar-refractivity contribution in [1.29, 1.82) is 0 Å². The van der Waals surface area contributed by atoms with Gasteiger partial charge in [-0.25, -0.2) is 4.79 Å². The van der Waals surface area contributed by atoms with Crippen molar-refractivity contribution in [2.75, 3.05) is 13.1 Å². The number of amides is 1. The zero-order valence-corrected chi connectivity index (χ0v) is 12.6. The van der Waals surface area contributed by atoms with E-state index in [4.69, 9.17) is 5.11 Å². The summed E-state index contributed by atoms with van der Waals surface area (Å²) in [5.41, 5.74) is 0.133. The van der Waals surface area contributed by atoms with Crippen LogP contribution in [0.15, 0.2) is 29.2 Å². The fourth-order valence-corrected chi connectivity index (χ4v) is 2.96. The number of nitrogens with zero attached hydrogens (tertiary/aromatic N) is 1. The van der Waals surface area contributed by atoms with Gasteiger partial charge in [0.05, 0.1) is 16.4 Å². The molecule has 0 aromatic heterocycles. The maximum Gasteiger partial charge on any atom is 0.335 e. The average molecular weight is 297 g/mol. The lowest BCUT2D eigenvalue weighted by Crippen LogP contribution is -2.39. The van der Waals surface area contributed by atoms with Crippen molar-refractivity contribution in [2.45, 2.75) is 30.9 Å². The highest BCUT2D eigenvalue weighted by atomic mass is 32.2. The highest BCUT2D eigenvalue weighted by Crippen LogP contribution is 2.14. The molecule has 0 saturated heterocycles. The molecule has 0 heterocycles. The Kier molecular flexibility index (Phi) is 5.88. The third kappa shape index (κ3) is 3.66. The Morgan fingerprint density at radius 3 is 2.10 bits per heavy atom. The van der Waals surface area contributed by atoms with Crippen molar-refractivity contribution in [3.63, 3.8) is 0 Å². The van der Waals surface area contributed by atoms with Crippen molar-refractivity contribution in [2.24, 2.45) is 0 Å². The number of rotatable bonds is 6. The van der Waals surface area contributed by atoms with E-state index in [-0.39, 0.29) is 11.5 Å². The molecular weight excluding hydrogens is 278 g/mol. The van der Waals surface area contributed by atoms with Gasteiger partial charge in [0.25, 0.3) is 0 Å². The molecule has 0 radical (unpaired) electrons. The second-order valence-corrected chi connectivity index (χ2v) is 6.05. The van der Waals surface area contributed by atoms with Gasteiger partial charge in [0.1, 0.15) is 5.25 Å². The summed E-state index contributed by atoms with van der Waals surface area (Å²) in [7, 11) is -1.49. The molecule has 6 heteroatoms. The van der Waals surface area contributed by atoms with Crippen LogP contribution in [0, 0.1) is 0 Å². The van der Waals surface area contributed by atoms with Gasteiger partial charge in [-0.3, -0.25) is 9.00 Å². The number of carboxylic acid groups (broad SMARTS) is 1. The molecule has 2 unspecified atom stereocenters. The summed E-state index contributed by atoms with van der Waals surface area (Å²) in [4.78, 5) is 25.0. The monoisotopic (exact) mass is 297 g/mol. The molecule has 1 rings (SSSR count). The number of hydrogen-bond donors (Lipinski definition) is 1. The van der Waals surface area contributed by atoms with Crippen molar-refractivity contribution >= 4 is 22.7 Å². The van der Waals surface area contributed by atoms with E-state index in [9.17, 15) is 13.8 Å². The summed E-state index contributed by atoms with van der Waals surface area (Å²) in [5.74, 6) is -1.19. The predicted molar refractivity (Wildman–Crippen MR) is 77.2 cm³/mol. The molecule has 1 aromatic rings. The van der Waals surface area contributed by atoms with Crippen LogP contribution in [0.1, 0.15) is 31.1 Å². The molecule has 0 aliphatic carbocycles. The number of carbonyl (C=O) groups is 2. The third-order valence-electron chi connectivity index (χ3n) is 3.08. The Hall–Kier alpha value is -1.69. The molecule has 0 aliphatic heterocycles. The lowest BCUT2D eigenvalue weighted by atomic mass is 10.2. The first-order valence-corrected chi connectivity index (χ1v) is 7.66. The normalized spacial score (nSPS) is 13.6. The first-order chi connectivity index (χ1) is 9.42. The molecule has 1 N–H and O–H groups in total. The minimum atomic E-state index is -1.49. The van der Waals surface area contributed by atoms with Gasteiger partial charge in [-0.1, -0.05) is 0 Å². The molecular formula is C14H19NO4S. The summed E-state index contributed by atoms with van der Waals surface area (Å²) in [5, 5.41) is 8.16. The maximum absolute atomic E-state index is 12.3. The van der Waals surface area contributed by atoms with Crippen molar-refractivity contribution in [3.8, 4) is 0 Å². The van der Waals surface area contributed by atoms with Crippen LogP contribution in [0.5, 0.6) is 0 Å². The lowest BCUT2D eigenvalue weighted by molar-refractivity contribution is -0.130. The molecule has 5 nitrogen and oxygen atoms in total. The van der Waals surface area contributed by atoms with Gasteiger partial charge < -0.3 is 10.0 Å². The molecule has 0 bridgehead atoms. The summed E-state index contributed by atoms with van der Waals surface area (Å²) < 4.78 is 12.3. The van der Waals surface area contributed by atoms with E-state index in [0.29, 0.717) is 18.0 Å². The number of hydrogen-bond acceptors (Lipinski definition) is 3. The van der Waals surface area contributed by atoms with Crippen LogP contribution in [0.4, 0.5) is 0 Å². The Balaban J connectivity index is 2.88. The van der Waals surface area contributed by atoms with Crippen LogP contribution in [0.25, 0.3) is 0 Å². The van der Waals surface area contributed by atoms with Crippen molar-refractivity contribution < 1.29 is 18.9 Å². The van der Waals surface area contributed by atoms with E-state index in [2.05, 4.69) is 0 Å². The predicted octanol–water partition coefficient (Wildman–Crippen LogP) is 1.75. The largest absolute Gasteiger partial charge is 0.478 e. The zero-order valence-electron chi connectivity index (χ0n) is 11.8. The van der Waals surface area contributed by atoms with E-state index in [1.54, 1.807) is 11.8 Å². The molecule has 1 aromatic carbocycles. The minimum absolute atomic E-state index is 0.133. The van der Waals surface area contributed by atoms with Gasteiger partial charge in [0.15, 0.2) is 0 Å². The van der Waals surface area contributed by atoms with Crippen LogP contribution in [-0.4, -0.2) is 44.4 Å². The van der Waals surface area contributed by atoms with E-state index in [1.165, 1.54) is 24.3 Å². The smallest absolute Gasteiger partial charge is 0.335 e. The standard InChI is InChI=1S/C14H19NO4S/c1-4-15(5-2)13(16)10(3)20(19)12-8-6-11(7-9-12)14(17)18/h6-10H,4-5H2,1-3H3,(H,17,18). The van der Waals surface area contributed by atoms with Gasteiger partial charge in [-0.05, 0) is 45.0 Å². The Labute approximate surface area is 121 Å². The first kappa shape index (κ1) is 16.4.